The molecule has 0 fully saturated rings. The van der Waals surface area contributed by atoms with Crippen molar-refractivity contribution in [2.75, 3.05) is 32.7 Å². The van der Waals surface area contributed by atoms with Gasteiger partial charge in [0.15, 0.2) is 0 Å². The number of carbonyl (C=O) groups excluding carboxylic acids is 1. The number of esters is 1. The van der Waals surface area contributed by atoms with E-state index in [0.29, 0.717) is 48.0 Å². The first-order valence-electron chi connectivity index (χ1n) is 11.3. The zero-order valence-electron chi connectivity index (χ0n) is 20.2. The van der Waals surface area contributed by atoms with Crippen LogP contribution in [-0.4, -0.2) is 42.9 Å². The smallest absolute Gasteiger partial charge is 0.338 e. The Balaban J connectivity index is 1.55. The fraction of sp³-hybridized carbons (Fsp3) is 0.259. The van der Waals surface area contributed by atoms with Crippen molar-refractivity contribution in [3.05, 3.63) is 71.8 Å². The Kier molecular flexibility index (Phi) is 7.19. The summed E-state index contributed by atoms with van der Waals surface area (Å²) in [4.78, 5) is 16.6. The van der Waals surface area contributed by atoms with Gasteiger partial charge in [0.25, 0.3) is 0 Å². The van der Waals surface area contributed by atoms with Crippen molar-refractivity contribution in [1.82, 2.24) is 9.55 Å². The number of aromatic nitrogens is 2. The number of benzene rings is 2. The quantitative estimate of drug-likeness (QED) is 0.323. The van der Waals surface area contributed by atoms with Crippen LogP contribution in [0.4, 0.5) is 10.1 Å². The number of nitrogens with one attached hydrogen (secondary N) is 1. The van der Waals surface area contributed by atoms with Crippen LogP contribution in [0.3, 0.4) is 0 Å². The van der Waals surface area contributed by atoms with Crippen molar-refractivity contribution < 1.29 is 23.4 Å². The Labute approximate surface area is 203 Å². The van der Waals surface area contributed by atoms with Crippen molar-refractivity contribution in [2.24, 2.45) is 0 Å². The Morgan fingerprint density at radius 1 is 1.11 bits per heavy atom. The summed E-state index contributed by atoms with van der Waals surface area (Å²) >= 11 is 0. The van der Waals surface area contributed by atoms with Gasteiger partial charge in [0.1, 0.15) is 17.3 Å². The molecule has 0 bridgehead atoms. The molecule has 2 heterocycles. The highest BCUT2D eigenvalue weighted by Crippen LogP contribution is 2.31. The molecule has 8 heteroatoms. The highest BCUT2D eigenvalue weighted by atomic mass is 19.1. The van der Waals surface area contributed by atoms with Gasteiger partial charge in [0, 0.05) is 41.6 Å². The number of pyridine rings is 1. The molecule has 0 radical (unpaired) electrons. The largest absolute Gasteiger partial charge is 0.496 e. The number of halogens is 1. The minimum absolute atomic E-state index is 0.282. The van der Waals surface area contributed by atoms with E-state index in [2.05, 4.69) is 10.3 Å². The van der Waals surface area contributed by atoms with Crippen LogP contribution in [0.2, 0.25) is 0 Å². The maximum atomic E-state index is 14.6. The third kappa shape index (κ3) is 5.06. The monoisotopic (exact) mass is 477 g/mol. The molecule has 1 N–H and O–H groups in total. The molecule has 0 unspecified atom stereocenters. The fourth-order valence-electron chi connectivity index (χ4n) is 4.15. The molecule has 0 spiro atoms. The first-order valence-corrected chi connectivity index (χ1v) is 11.3. The maximum Gasteiger partial charge on any atom is 0.338 e. The molecular formula is C27H28FN3O4. The lowest BCUT2D eigenvalue weighted by Gasteiger charge is -2.13. The van der Waals surface area contributed by atoms with Crippen LogP contribution in [0.15, 0.2) is 54.7 Å². The van der Waals surface area contributed by atoms with Crippen molar-refractivity contribution in [2.45, 2.75) is 20.4 Å². The second kappa shape index (κ2) is 10.5. The van der Waals surface area contributed by atoms with Crippen molar-refractivity contribution in [3.8, 4) is 22.8 Å². The number of methoxy groups -OCH3 is 2. The average Bonchev–Trinajstić information content (AvgIpc) is 3.20. The van der Waals surface area contributed by atoms with E-state index >= 15 is 0 Å². The van der Waals surface area contributed by atoms with E-state index in [-0.39, 0.29) is 5.82 Å². The molecule has 182 valence electrons. The summed E-state index contributed by atoms with van der Waals surface area (Å²) < 4.78 is 32.4. The van der Waals surface area contributed by atoms with Crippen LogP contribution in [-0.2, 0) is 11.3 Å². The van der Waals surface area contributed by atoms with Gasteiger partial charge in [-0.3, -0.25) is 4.98 Å². The lowest BCUT2D eigenvalue weighted by Crippen LogP contribution is -2.12. The summed E-state index contributed by atoms with van der Waals surface area (Å²) in [5.74, 6) is 0.490. The van der Waals surface area contributed by atoms with E-state index in [1.807, 2.05) is 42.7 Å². The standard InChI is InChI=1S/C27H28FN3O4/c1-5-35-21-14-18(13-19(15-21)27(32)34-4)24-16-20(8-9-30-24)29-10-11-31-17(2)12-22-25(33-3)7-6-23(28)26(22)31/h6-9,12-16H,5,10-11H2,1-4H3,(H,29,30). The number of carbonyl (C=O) groups is 1. The van der Waals surface area contributed by atoms with Gasteiger partial charge in [-0.15, -0.1) is 0 Å². The van der Waals surface area contributed by atoms with Crippen LogP contribution in [0.1, 0.15) is 23.0 Å². The van der Waals surface area contributed by atoms with E-state index in [4.69, 9.17) is 14.2 Å². The second-order valence-electron chi connectivity index (χ2n) is 7.98. The summed E-state index contributed by atoms with van der Waals surface area (Å²) in [6.45, 7) is 5.43. The van der Waals surface area contributed by atoms with Crippen LogP contribution in [0.5, 0.6) is 11.5 Å². The van der Waals surface area contributed by atoms with Gasteiger partial charge in [-0.25, -0.2) is 9.18 Å². The molecule has 35 heavy (non-hydrogen) atoms. The zero-order chi connectivity index (χ0) is 24.9. The van der Waals surface area contributed by atoms with E-state index in [0.717, 1.165) is 22.3 Å². The molecule has 2 aromatic carbocycles. The normalized spacial score (nSPS) is 10.9. The van der Waals surface area contributed by atoms with E-state index in [9.17, 15) is 9.18 Å². The van der Waals surface area contributed by atoms with Gasteiger partial charge in [0.05, 0.1) is 37.6 Å². The summed E-state index contributed by atoms with van der Waals surface area (Å²) in [5.41, 5.74) is 4.14. The Hall–Kier alpha value is -4.07. The van der Waals surface area contributed by atoms with E-state index in [1.165, 1.54) is 13.2 Å². The molecule has 0 amide bonds. The van der Waals surface area contributed by atoms with Crippen LogP contribution >= 0.6 is 0 Å². The van der Waals surface area contributed by atoms with E-state index < -0.39 is 5.97 Å². The Morgan fingerprint density at radius 2 is 1.94 bits per heavy atom. The number of fused-ring (bicyclic) bond motifs is 1. The highest BCUT2D eigenvalue weighted by molar-refractivity contribution is 5.91. The topological polar surface area (TPSA) is 74.6 Å². The first-order chi connectivity index (χ1) is 16.9. The number of nitrogens with zero attached hydrogens (tertiary/aromatic N) is 2. The molecule has 0 aliphatic rings. The molecule has 4 rings (SSSR count). The predicted octanol–water partition coefficient (Wildman–Crippen LogP) is 5.46. The van der Waals surface area contributed by atoms with Gasteiger partial charge >= 0.3 is 5.97 Å². The zero-order valence-corrected chi connectivity index (χ0v) is 20.2. The molecular weight excluding hydrogens is 449 g/mol. The average molecular weight is 478 g/mol. The number of anilines is 1. The van der Waals surface area contributed by atoms with Crippen LogP contribution in [0.25, 0.3) is 22.2 Å². The fourth-order valence-corrected chi connectivity index (χ4v) is 4.15. The van der Waals surface area contributed by atoms with Gasteiger partial charge < -0.3 is 24.1 Å². The highest BCUT2D eigenvalue weighted by Gasteiger charge is 2.15. The van der Waals surface area contributed by atoms with Gasteiger partial charge in [-0.1, -0.05) is 0 Å². The molecule has 2 aromatic heterocycles. The van der Waals surface area contributed by atoms with Crippen LogP contribution < -0.4 is 14.8 Å². The summed E-state index contributed by atoms with van der Waals surface area (Å²) in [7, 11) is 2.93. The number of aryl methyl sites for hydroxylation is 1. The van der Waals surface area contributed by atoms with Gasteiger partial charge in [0.2, 0.25) is 0 Å². The maximum absolute atomic E-state index is 14.6. The summed E-state index contributed by atoms with van der Waals surface area (Å²) in [5, 5.41) is 4.14. The van der Waals surface area contributed by atoms with Crippen molar-refractivity contribution >= 4 is 22.6 Å². The van der Waals surface area contributed by atoms with Gasteiger partial charge in [-0.2, -0.15) is 0 Å². The molecule has 0 saturated carbocycles. The number of hydrogen-bond acceptors (Lipinski definition) is 6. The minimum Gasteiger partial charge on any atom is -0.496 e. The molecule has 4 aromatic rings. The minimum atomic E-state index is -0.444. The lowest BCUT2D eigenvalue weighted by atomic mass is 10.1. The van der Waals surface area contributed by atoms with Crippen LogP contribution in [0, 0.1) is 12.7 Å². The molecule has 0 aliphatic heterocycles. The Bertz CT molecular complexity index is 1370. The summed E-state index contributed by atoms with van der Waals surface area (Å²) in [6, 6.07) is 14.0. The number of rotatable bonds is 9. The number of hydrogen-bond donors (Lipinski definition) is 1. The lowest BCUT2D eigenvalue weighted by molar-refractivity contribution is 0.0600. The predicted molar refractivity (Wildman–Crippen MR) is 134 cm³/mol. The third-order valence-electron chi connectivity index (χ3n) is 5.76. The summed E-state index contributed by atoms with van der Waals surface area (Å²) in [6.07, 6.45) is 1.70. The SMILES string of the molecule is CCOc1cc(C(=O)OC)cc(-c2cc(NCCn3c(C)cc4c(OC)ccc(F)c43)ccn2)c1. The molecule has 0 aliphatic carbocycles. The molecule has 0 atom stereocenters. The van der Waals surface area contributed by atoms with Gasteiger partial charge in [-0.05, 0) is 62.4 Å². The Morgan fingerprint density at radius 3 is 2.69 bits per heavy atom. The first kappa shape index (κ1) is 24.1. The molecule has 7 nitrogen and oxygen atoms in total. The van der Waals surface area contributed by atoms with Crippen molar-refractivity contribution in [1.29, 1.82) is 0 Å². The third-order valence-corrected chi connectivity index (χ3v) is 5.76. The van der Waals surface area contributed by atoms with Crippen molar-refractivity contribution in [3.63, 3.8) is 0 Å². The number of ether oxygens (including phenoxy) is 3. The van der Waals surface area contributed by atoms with E-state index in [1.54, 1.807) is 31.5 Å². The second-order valence-corrected chi connectivity index (χ2v) is 7.98. The molecule has 0 saturated heterocycles.